The molecule has 0 aliphatic rings. The minimum Gasteiger partial charge on any atom is -0.493 e. The molecular formula is C26H23N3O6. The molecule has 0 aliphatic heterocycles. The van der Waals surface area contributed by atoms with E-state index in [0.29, 0.717) is 41.5 Å². The summed E-state index contributed by atoms with van der Waals surface area (Å²) in [7, 11) is 0. The highest BCUT2D eigenvalue weighted by Crippen LogP contribution is 2.23. The van der Waals surface area contributed by atoms with Crippen molar-refractivity contribution in [1.29, 1.82) is 0 Å². The highest BCUT2D eigenvalue weighted by atomic mass is 16.5. The number of aryl methyl sites for hydroxylation is 2. The Morgan fingerprint density at radius 1 is 0.857 bits per heavy atom. The number of hydrogen-bond donors (Lipinski definition) is 0. The maximum atomic E-state index is 11.6. The van der Waals surface area contributed by atoms with Crippen molar-refractivity contribution in [2.75, 3.05) is 6.61 Å². The predicted octanol–water partition coefficient (Wildman–Crippen LogP) is 4.24. The monoisotopic (exact) mass is 473 g/mol. The molecule has 0 N–H and O–H groups in total. The molecule has 0 aliphatic carbocycles. The Morgan fingerprint density at radius 2 is 1.63 bits per heavy atom. The van der Waals surface area contributed by atoms with Crippen LogP contribution in [0.15, 0.2) is 79.2 Å². The molecule has 0 atom stereocenters. The fourth-order valence-electron chi connectivity index (χ4n) is 3.76. The lowest BCUT2D eigenvalue weighted by atomic mass is 10.1. The highest BCUT2D eigenvalue weighted by molar-refractivity contribution is 5.81. The average molecular weight is 473 g/mol. The molecule has 3 aromatic heterocycles. The third-order valence-corrected chi connectivity index (χ3v) is 5.54. The first-order valence-corrected chi connectivity index (χ1v) is 11.3. The molecule has 5 aromatic rings. The van der Waals surface area contributed by atoms with Crippen LogP contribution in [0.2, 0.25) is 0 Å². The number of rotatable bonds is 9. The third kappa shape index (κ3) is 5.40. The van der Waals surface area contributed by atoms with Crippen LogP contribution in [0, 0.1) is 6.92 Å². The second-order valence-electron chi connectivity index (χ2n) is 8.18. The Kier molecular flexibility index (Phi) is 6.30. The quantitative estimate of drug-likeness (QED) is 0.231. The molecule has 3 heterocycles. The van der Waals surface area contributed by atoms with Crippen molar-refractivity contribution in [3.05, 3.63) is 92.9 Å². The summed E-state index contributed by atoms with van der Waals surface area (Å²) in [5.74, 6) is 1.25. The molecule has 0 saturated carbocycles. The maximum Gasteiger partial charge on any atom is 0.336 e. The van der Waals surface area contributed by atoms with Crippen molar-refractivity contribution in [2.45, 2.75) is 32.9 Å². The van der Waals surface area contributed by atoms with Gasteiger partial charge in [-0.1, -0.05) is 5.21 Å². The first-order valence-electron chi connectivity index (χ1n) is 11.3. The van der Waals surface area contributed by atoms with Crippen LogP contribution in [0.5, 0.6) is 11.5 Å². The van der Waals surface area contributed by atoms with E-state index in [4.69, 9.17) is 18.3 Å². The lowest BCUT2D eigenvalue weighted by Gasteiger charge is -2.07. The molecule has 9 heteroatoms. The summed E-state index contributed by atoms with van der Waals surface area (Å²) < 4.78 is 23.8. The molecule has 0 saturated heterocycles. The summed E-state index contributed by atoms with van der Waals surface area (Å²) in [6, 6.07) is 15.5. The number of hydrogen-bond acceptors (Lipinski definition) is 8. The fourth-order valence-corrected chi connectivity index (χ4v) is 3.76. The number of fused-ring (bicyclic) bond motifs is 2. The van der Waals surface area contributed by atoms with Gasteiger partial charge in [-0.3, -0.25) is 4.68 Å². The van der Waals surface area contributed by atoms with E-state index in [9.17, 15) is 9.59 Å². The van der Waals surface area contributed by atoms with Crippen LogP contribution in [0.1, 0.15) is 24.1 Å². The van der Waals surface area contributed by atoms with E-state index in [1.807, 2.05) is 37.4 Å². The number of nitrogens with zero attached hydrogens (tertiary/aromatic N) is 3. The van der Waals surface area contributed by atoms with Gasteiger partial charge in [0.25, 0.3) is 0 Å². The van der Waals surface area contributed by atoms with Gasteiger partial charge in [-0.15, -0.1) is 5.10 Å². The second kappa shape index (κ2) is 9.84. The van der Waals surface area contributed by atoms with Crippen molar-refractivity contribution in [1.82, 2.24) is 15.0 Å². The summed E-state index contributed by atoms with van der Waals surface area (Å²) in [6.45, 7) is 3.35. The van der Waals surface area contributed by atoms with E-state index in [1.54, 1.807) is 22.9 Å². The van der Waals surface area contributed by atoms with Crippen LogP contribution >= 0.6 is 0 Å². The molecule has 9 nitrogen and oxygen atoms in total. The van der Waals surface area contributed by atoms with Gasteiger partial charge >= 0.3 is 11.3 Å². The smallest absolute Gasteiger partial charge is 0.336 e. The lowest BCUT2D eigenvalue weighted by Crippen LogP contribution is -2.03. The minimum absolute atomic E-state index is 0.253. The summed E-state index contributed by atoms with van der Waals surface area (Å²) in [5.41, 5.74) is 1.80. The zero-order valence-corrected chi connectivity index (χ0v) is 19.1. The van der Waals surface area contributed by atoms with Crippen molar-refractivity contribution >= 4 is 21.9 Å². The van der Waals surface area contributed by atoms with Gasteiger partial charge in [0.15, 0.2) is 0 Å². The number of ether oxygens (including phenoxy) is 2. The zero-order valence-electron chi connectivity index (χ0n) is 19.1. The Hall–Kier alpha value is -4.40. The molecule has 35 heavy (non-hydrogen) atoms. The molecule has 0 radical (unpaired) electrons. The molecule has 0 spiro atoms. The predicted molar refractivity (Wildman–Crippen MR) is 129 cm³/mol. The zero-order chi connectivity index (χ0) is 24.2. The summed E-state index contributed by atoms with van der Waals surface area (Å²) in [5, 5.41) is 10.0. The van der Waals surface area contributed by atoms with E-state index in [0.717, 1.165) is 29.2 Å². The van der Waals surface area contributed by atoms with Crippen molar-refractivity contribution in [2.24, 2.45) is 0 Å². The molecule has 0 unspecified atom stereocenters. The van der Waals surface area contributed by atoms with E-state index < -0.39 is 0 Å². The molecule has 0 bridgehead atoms. The first-order chi connectivity index (χ1) is 17.0. The highest BCUT2D eigenvalue weighted by Gasteiger charge is 2.07. The number of benzene rings is 2. The molecule has 2 aromatic carbocycles. The molecule has 5 rings (SSSR count). The summed E-state index contributed by atoms with van der Waals surface area (Å²) in [4.78, 5) is 23.0. The Balaban J connectivity index is 1.08. The van der Waals surface area contributed by atoms with Gasteiger partial charge < -0.3 is 18.3 Å². The fraction of sp³-hybridized carbons (Fsp3) is 0.231. The van der Waals surface area contributed by atoms with E-state index in [2.05, 4.69) is 10.3 Å². The SMILES string of the molecule is Cc1cc(=O)oc2cc(OCc3cn(CCCCOc4ccc5ccc(=O)oc5c4)nn3)ccc12. The van der Waals surface area contributed by atoms with Gasteiger partial charge in [0.1, 0.15) is 35.0 Å². The standard InChI is InChI=1S/C26H23N3O6/c1-17-12-26(31)35-24-14-21(7-8-22(17)24)33-16-19-15-29(28-27-19)10-2-3-11-32-20-6-4-18-5-9-25(30)34-23(18)13-20/h4-9,12-15H,2-3,10-11,16H2,1H3. The van der Waals surface area contributed by atoms with Crippen molar-refractivity contribution in [3.63, 3.8) is 0 Å². The molecule has 0 amide bonds. The van der Waals surface area contributed by atoms with Crippen LogP contribution in [0.4, 0.5) is 0 Å². The number of unbranched alkanes of at least 4 members (excludes halogenated alkanes) is 1. The lowest BCUT2D eigenvalue weighted by molar-refractivity contribution is 0.300. The topological polar surface area (TPSA) is 110 Å². The minimum atomic E-state index is -0.383. The molecule has 178 valence electrons. The average Bonchev–Trinajstić information content (AvgIpc) is 3.29. The van der Waals surface area contributed by atoms with E-state index in [1.165, 1.54) is 12.1 Å². The van der Waals surface area contributed by atoms with Gasteiger partial charge in [-0.2, -0.15) is 0 Å². The Labute approximate surface area is 199 Å². The number of aromatic nitrogens is 3. The van der Waals surface area contributed by atoms with Crippen molar-refractivity contribution < 1.29 is 18.3 Å². The van der Waals surface area contributed by atoms with Crippen LogP contribution in [0.25, 0.3) is 21.9 Å². The van der Waals surface area contributed by atoms with E-state index >= 15 is 0 Å². The largest absolute Gasteiger partial charge is 0.493 e. The Bertz CT molecular complexity index is 1600. The second-order valence-corrected chi connectivity index (χ2v) is 8.18. The van der Waals surface area contributed by atoms with Crippen LogP contribution in [0.3, 0.4) is 0 Å². The van der Waals surface area contributed by atoms with Crippen LogP contribution in [-0.4, -0.2) is 21.6 Å². The van der Waals surface area contributed by atoms with Gasteiger partial charge in [0.05, 0.1) is 12.8 Å². The van der Waals surface area contributed by atoms with Crippen LogP contribution in [-0.2, 0) is 13.2 Å². The van der Waals surface area contributed by atoms with Gasteiger partial charge in [0, 0.05) is 41.6 Å². The van der Waals surface area contributed by atoms with Crippen LogP contribution < -0.4 is 20.7 Å². The van der Waals surface area contributed by atoms with Crippen molar-refractivity contribution in [3.8, 4) is 11.5 Å². The summed E-state index contributed by atoms with van der Waals surface area (Å²) >= 11 is 0. The molecule has 0 fully saturated rings. The maximum absolute atomic E-state index is 11.6. The van der Waals surface area contributed by atoms with Gasteiger partial charge in [-0.05, 0) is 55.7 Å². The summed E-state index contributed by atoms with van der Waals surface area (Å²) in [6.07, 6.45) is 3.52. The molecular weight excluding hydrogens is 450 g/mol. The van der Waals surface area contributed by atoms with Gasteiger partial charge in [0.2, 0.25) is 0 Å². The normalized spacial score (nSPS) is 11.2. The first kappa shape index (κ1) is 22.4. The van der Waals surface area contributed by atoms with Gasteiger partial charge in [-0.25, -0.2) is 9.59 Å². The Morgan fingerprint density at radius 3 is 2.54 bits per heavy atom. The van der Waals surface area contributed by atoms with E-state index in [-0.39, 0.29) is 17.9 Å². The third-order valence-electron chi connectivity index (χ3n) is 5.54.